The molecule has 0 aliphatic rings. The molecule has 1 rings (SSSR count). The van der Waals surface area contributed by atoms with Crippen LogP contribution in [0.15, 0.2) is 12.1 Å². The minimum Gasteiger partial charge on any atom is -0.436 e. The van der Waals surface area contributed by atoms with Gasteiger partial charge in [-0.3, -0.25) is 4.90 Å². The molecule has 0 saturated heterocycles. The lowest BCUT2D eigenvalue weighted by atomic mass is 10.1. The first-order valence-electron chi connectivity index (χ1n) is 5.18. The highest BCUT2D eigenvalue weighted by atomic mass is 16.6. The van der Waals surface area contributed by atoms with Crippen LogP contribution >= 0.6 is 0 Å². The fourth-order valence-electron chi connectivity index (χ4n) is 1.53. The molecule has 17 heavy (non-hydrogen) atoms. The number of nitrogen functional groups attached to an aromatic ring is 1. The third-order valence-corrected chi connectivity index (χ3v) is 2.42. The van der Waals surface area contributed by atoms with Crippen molar-refractivity contribution in [2.24, 2.45) is 0 Å². The van der Waals surface area contributed by atoms with E-state index in [0.29, 0.717) is 11.4 Å². The van der Waals surface area contributed by atoms with E-state index in [1.54, 1.807) is 7.05 Å². The number of benzene rings is 1. The number of terminal acetylenes is 1. The van der Waals surface area contributed by atoms with E-state index in [4.69, 9.17) is 16.9 Å². The maximum atomic E-state index is 11.6. The Morgan fingerprint density at radius 3 is 2.76 bits per heavy atom. The number of nitrogens with zero attached hydrogens (tertiary/aromatic N) is 1. The standard InChI is InChI=1S/C13H16N2O2/c1-5-6-17-13(16)15(4)11-8-9(2)7-10(3)12(11)14/h1,7-8H,6,14H2,2-4H3. The van der Waals surface area contributed by atoms with Crippen LogP contribution in [0.25, 0.3) is 0 Å². The van der Waals surface area contributed by atoms with Crippen molar-refractivity contribution in [3.8, 4) is 12.3 Å². The Hall–Kier alpha value is -2.15. The Kier molecular flexibility index (Phi) is 4.00. The van der Waals surface area contributed by atoms with E-state index in [9.17, 15) is 4.79 Å². The van der Waals surface area contributed by atoms with Gasteiger partial charge in [-0.25, -0.2) is 4.79 Å². The van der Waals surface area contributed by atoms with Crippen LogP contribution in [-0.2, 0) is 4.74 Å². The van der Waals surface area contributed by atoms with Gasteiger partial charge in [-0.2, -0.15) is 0 Å². The summed E-state index contributed by atoms with van der Waals surface area (Å²) in [5.74, 6) is 2.24. The molecule has 0 spiro atoms. The summed E-state index contributed by atoms with van der Waals surface area (Å²) >= 11 is 0. The van der Waals surface area contributed by atoms with Crippen molar-refractivity contribution in [2.45, 2.75) is 13.8 Å². The fraction of sp³-hybridized carbons (Fsp3) is 0.308. The number of rotatable bonds is 2. The molecule has 0 aliphatic carbocycles. The minimum absolute atomic E-state index is 0.0477. The lowest BCUT2D eigenvalue weighted by molar-refractivity contribution is 0.169. The van der Waals surface area contributed by atoms with Crippen molar-refractivity contribution in [1.29, 1.82) is 0 Å². The summed E-state index contributed by atoms with van der Waals surface area (Å²) in [5.41, 5.74) is 9.08. The second kappa shape index (κ2) is 5.26. The molecule has 0 aromatic heterocycles. The topological polar surface area (TPSA) is 55.6 Å². The number of anilines is 2. The van der Waals surface area contributed by atoms with Gasteiger partial charge >= 0.3 is 6.09 Å². The Morgan fingerprint density at radius 2 is 2.18 bits per heavy atom. The molecule has 4 nitrogen and oxygen atoms in total. The van der Waals surface area contributed by atoms with Crippen LogP contribution in [0, 0.1) is 26.2 Å². The highest BCUT2D eigenvalue weighted by molar-refractivity contribution is 5.92. The quantitative estimate of drug-likeness (QED) is 0.627. The van der Waals surface area contributed by atoms with Crippen LogP contribution in [0.5, 0.6) is 0 Å². The van der Waals surface area contributed by atoms with Crippen LogP contribution in [0.3, 0.4) is 0 Å². The van der Waals surface area contributed by atoms with E-state index in [2.05, 4.69) is 5.92 Å². The molecule has 0 atom stereocenters. The zero-order valence-electron chi connectivity index (χ0n) is 10.3. The van der Waals surface area contributed by atoms with Crippen LogP contribution in [0.1, 0.15) is 11.1 Å². The number of hydrogen-bond donors (Lipinski definition) is 1. The van der Waals surface area contributed by atoms with E-state index in [1.807, 2.05) is 26.0 Å². The monoisotopic (exact) mass is 232 g/mol. The average molecular weight is 232 g/mol. The molecule has 0 unspecified atom stereocenters. The molecule has 0 aliphatic heterocycles. The van der Waals surface area contributed by atoms with E-state index in [1.165, 1.54) is 4.90 Å². The maximum absolute atomic E-state index is 11.6. The first-order valence-corrected chi connectivity index (χ1v) is 5.18. The van der Waals surface area contributed by atoms with Gasteiger partial charge in [-0.1, -0.05) is 12.0 Å². The van der Waals surface area contributed by atoms with E-state index in [0.717, 1.165) is 11.1 Å². The van der Waals surface area contributed by atoms with Crippen molar-refractivity contribution in [3.63, 3.8) is 0 Å². The first-order chi connectivity index (χ1) is 7.97. The number of nitrogens with two attached hydrogens (primary N) is 1. The van der Waals surface area contributed by atoms with Gasteiger partial charge in [0.1, 0.15) is 0 Å². The van der Waals surface area contributed by atoms with Crippen molar-refractivity contribution in [3.05, 3.63) is 23.3 Å². The molecule has 0 fully saturated rings. The predicted octanol–water partition coefficient (Wildman–Crippen LogP) is 2.09. The molecular weight excluding hydrogens is 216 g/mol. The molecule has 0 bridgehead atoms. The summed E-state index contributed by atoms with van der Waals surface area (Å²) < 4.78 is 4.84. The Labute approximate surface area is 101 Å². The average Bonchev–Trinajstić information content (AvgIpc) is 2.29. The van der Waals surface area contributed by atoms with Gasteiger partial charge in [0.2, 0.25) is 0 Å². The Balaban J connectivity index is 3.00. The normalized spacial score (nSPS) is 9.53. The van der Waals surface area contributed by atoms with Gasteiger partial charge in [0.05, 0.1) is 11.4 Å². The zero-order valence-corrected chi connectivity index (χ0v) is 10.3. The second-order valence-electron chi connectivity index (χ2n) is 3.83. The third-order valence-electron chi connectivity index (χ3n) is 2.42. The predicted molar refractivity (Wildman–Crippen MR) is 68.9 cm³/mol. The highest BCUT2D eigenvalue weighted by Gasteiger charge is 2.15. The number of aryl methyl sites for hydroxylation is 2. The largest absolute Gasteiger partial charge is 0.436 e. The second-order valence-corrected chi connectivity index (χ2v) is 3.83. The number of ether oxygens (including phenoxy) is 1. The van der Waals surface area contributed by atoms with Gasteiger partial charge in [0, 0.05) is 7.05 Å². The summed E-state index contributed by atoms with van der Waals surface area (Å²) in [7, 11) is 1.60. The number of hydrogen-bond acceptors (Lipinski definition) is 3. The first kappa shape index (κ1) is 12.9. The maximum Gasteiger partial charge on any atom is 0.415 e. The molecule has 1 amide bonds. The number of carbonyl (C=O) groups excluding carboxylic acids is 1. The Bertz CT molecular complexity index is 475. The molecule has 0 saturated carbocycles. The van der Waals surface area contributed by atoms with E-state index >= 15 is 0 Å². The highest BCUT2D eigenvalue weighted by Crippen LogP contribution is 2.27. The van der Waals surface area contributed by atoms with E-state index in [-0.39, 0.29) is 6.61 Å². The molecular formula is C13H16N2O2. The van der Waals surface area contributed by atoms with Crippen molar-refractivity contribution >= 4 is 17.5 Å². The fourth-order valence-corrected chi connectivity index (χ4v) is 1.53. The van der Waals surface area contributed by atoms with Crippen LogP contribution < -0.4 is 10.6 Å². The summed E-state index contributed by atoms with van der Waals surface area (Å²) in [6, 6.07) is 3.79. The lowest BCUT2D eigenvalue weighted by Gasteiger charge is -2.20. The van der Waals surface area contributed by atoms with Crippen LogP contribution in [0.4, 0.5) is 16.2 Å². The SMILES string of the molecule is C#CCOC(=O)N(C)c1cc(C)cc(C)c1N. The zero-order chi connectivity index (χ0) is 13.0. The Morgan fingerprint density at radius 1 is 1.53 bits per heavy atom. The molecule has 1 aromatic carbocycles. The smallest absolute Gasteiger partial charge is 0.415 e. The number of carbonyl (C=O) groups is 1. The summed E-state index contributed by atoms with van der Waals surface area (Å²) in [5, 5.41) is 0. The van der Waals surface area contributed by atoms with Gasteiger partial charge < -0.3 is 10.5 Å². The van der Waals surface area contributed by atoms with Gasteiger partial charge in [0.25, 0.3) is 0 Å². The molecule has 90 valence electrons. The molecule has 2 N–H and O–H groups in total. The van der Waals surface area contributed by atoms with Gasteiger partial charge in [0.15, 0.2) is 6.61 Å². The summed E-state index contributed by atoms with van der Waals surface area (Å²) in [6.45, 7) is 3.79. The summed E-state index contributed by atoms with van der Waals surface area (Å²) in [6.07, 6.45) is 4.51. The summed E-state index contributed by atoms with van der Waals surface area (Å²) in [4.78, 5) is 13.0. The molecule has 1 aromatic rings. The van der Waals surface area contributed by atoms with E-state index < -0.39 is 6.09 Å². The third kappa shape index (κ3) is 2.91. The molecule has 4 heteroatoms. The number of amides is 1. The molecule has 0 radical (unpaired) electrons. The molecule has 0 heterocycles. The van der Waals surface area contributed by atoms with Gasteiger partial charge in [-0.15, -0.1) is 6.42 Å². The van der Waals surface area contributed by atoms with Crippen LogP contribution in [-0.4, -0.2) is 19.7 Å². The lowest BCUT2D eigenvalue weighted by Crippen LogP contribution is -2.28. The van der Waals surface area contributed by atoms with Crippen LogP contribution in [0.2, 0.25) is 0 Å². The van der Waals surface area contributed by atoms with Crippen molar-refractivity contribution < 1.29 is 9.53 Å². The van der Waals surface area contributed by atoms with Crippen molar-refractivity contribution in [2.75, 3.05) is 24.3 Å². The van der Waals surface area contributed by atoms with Crippen molar-refractivity contribution in [1.82, 2.24) is 0 Å². The van der Waals surface area contributed by atoms with Gasteiger partial charge in [-0.05, 0) is 31.0 Å². The minimum atomic E-state index is -0.514.